The van der Waals surface area contributed by atoms with Gasteiger partial charge in [0.25, 0.3) is 23.1 Å². The summed E-state index contributed by atoms with van der Waals surface area (Å²) in [5.74, 6) is -3.25. The molecule has 0 bridgehead atoms. The molecule has 3 rings (SSSR count). The van der Waals surface area contributed by atoms with Gasteiger partial charge in [0.15, 0.2) is 5.78 Å². The third kappa shape index (κ3) is 2.98. The molecule has 0 radical (unpaired) electrons. The summed E-state index contributed by atoms with van der Waals surface area (Å²) in [6.45, 7) is 1.07. The normalized spacial score (nSPS) is 12.9. The molecule has 0 atom stereocenters. The molecule has 1 aliphatic rings. The van der Waals surface area contributed by atoms with Crippen molar-refractivity contribution >= 4 is 29.1 Å². The number of anilines is 1. The lowest BCUT2D eigenvalue weighted by Crippen LogP contribution is -2.44. The van der Waals surface area contributed by atoms with E-state index in [-0.39, 0.29) is 17.9 Å². The van der Waals surface area contributed by atoms with E-state index in [4.69, 9.17) is 5.73 Å². The highest BCUT2D eigenvalue weighted by molar-refractivity contribution is 6.24. The van der Waals surface area contributed by atoms with Gasteiger partial charge in [0.05, 0.1) is 17.0 Å². The largest absolute Gasteiger partial charge is 0.384 e. The predicted molar refractivity (Wildman–Crippen MR) is 103 cm³/mol. The number of nitrogen functional groups attached to an aromatic ring is 1. The van der Waals surface area contributed by atoms with Gasteiger partial charge in [0, 0.05) is 19.7 Å². The van der Waals surface area contributed by atoms with Gasteiger partial charge in [-0.05, 0) is 12.5 Å². The monoisotopic (exact) mass is 415 g/mol. The Morgan fingerprint density at radius 1 is 1.17 bits per heavy atom. The highest BCUT2D eigenvalue weighted by Gasteiger charge is 2.42. The highest BCUT2D eigenvalue weighted by atomic mass is 16.6. The molecule has 2 N–H and O–H groups in total. The number of amides is 2. The number of hydrogen-bond acceptors (Lipinski definition) is 8. The van der Waals surface area contributed by atoms with Crippen LogP contribution in [-0.2, 0) is 13.6 Å². The van der Waals surface area contributed by atoms with Gasteiger partial charge in [-0.2, -0.15) is 0 Å². The van der Waals surface area contributed by atoms with Crippen LogP contribution in [0, 0.1) is 10.1 Å². The Bertz CT molecular complexity index is 1240. The molecule has 0 unspecified atom stereocenters. The van der Waals surface area contributed by atoms with Crippen LogP contribution in [0.4, 0.5) is 11.5 Å². The first-order valence-corrected chi connectivity index (χ1v) is 8.87. The van der Waals surface area contributed by atoms with Crippen LogP contribution in [0.25, 0.3) is 0 Å². The first kappa shape index (κ1) is 20.6. The maximum atomic E-state index is 12.8. The van der Waals surface area contributed by atoms with E-state index in [0.29, 0.717) is 15.9 Å². The minimum Gasteiger partial charge on any atom is -0.384 e. The molecule has 0 saturated carbocycles. The molecule has 156 valence electrons. The Morgan fingerprint density at radius 2 is 1.83 bits per heavy atom. The van der Waals surface area contributed by atoms with Crippen molar-refractivity contribution in [1.29, 1.82) is 0 Å². The molecule has 2 aromatic rings. The number of fused-ring (bicyclic) bond motifs is 1. The number of rotatable bonds is 6. The fourth-order valence-corrected chi connectivity index (χ4v) is 3.32. The van der Waals surface area contributed by atoms with Gasteiger partial charge in [0.1, 0.15) is 16.9 Å². The second kappa shape index (κ2) is 7.39. The van der Waals surface area contributed by atoms with Crippen molar-refractivity contribution in [2.24, 2.45) is 7.05 Å². The Morgan fingerprint density at radius 3 is 2.43 bits per heavy atom. The average Bonchev–Trinajstić information content (AvgIpc) is 2.94. The fraction of sp³-hybridized carbons (Fsp3) is 0.278. The molecule has 0 fully saturated rings. The van der Waals surface area contributed by atoms with Gasteiger partial charge in [-0.15, -0.1) is 0 Å². The van der Waals surface area contributed by atoms with Crippen molar-refractivity contribution in [3.05, 3.63) is 65.8 Å². The maximum Gasteiger partial charge on any atom is 0.332 e. The summed E-state index contributed by atoms with van der Waals surface area (Å²) in [7, 11) is 1.18. The molecule has 1 aliphatic heterocycles. The van der Waals surface area contributed by atoms with Crippen LogP contribution in [0.15, 0.2) is 27.8 Å². The van der Waals surface area contributed by atoms with Crippen molar-refractivity contribution < 1.29 is 19.3 Å². The van der Waals surface area contributed by atoms with Crippen molar-refractivity contribution in [2.45, 2.75) is 19.9 Å². The molecule has 1 aromatic heterocycles. The lowest BCUT2D eigenvalue weighted by Gasteiger charge is -2.16. The molecule has 0 aliphatic carbocycles. The first-order valence-electron chi connectivity index (χ1n) is 8.87. The summed E-state index contributed by atoms with van der Waals surface area (Å²) < 4.78 is 1.77. The summed E-state index contributed by atoms with van der Waals surface area (Å²) >= 11 is 0. The summed E-state index contributed by atoms with van der Waals surface area (Å²) in [6, 6.07) is 3.56. The number of nitro benzene ring substituents is 1. The zero-order valence-corrected chi connectivity index (χ0v) is 16.1. The van der Waals surface area contributed by atoms with Crippen LogP contribution in [0.3, 0.4) is 0 Å². The molecular weight excluding hydrogens is 398 g/mol. The number of carbonyl (C=O) groups is 3. The lowest BCUT2D eigenvalue weighted by molar-refractivity contribution is -0.385. The maximum absolute atomic E-state index is 12.8. The third-order valence-corrected chi connectivity index (χ3v) is 4.78. The second-order valence-electron chi connectivity index (χ2n) is 6.64. The number of imide groups is 1. The number of Topliss-reactive ketones (excluding diaryl/α,β-unsaturated/α-hetero) is 1. The van der Waals surface area contributed by atoms with Crippen LogP contribution in [0.1, 0.15) is 44.4 Å². The van der Waals surface area contributed by atoms with Crippen molar-refractivity contribution in [1.82, 2.24) is 14.0 Å². The van der Waals surface area contributed by atoms with Crippen LogP contribution < -0.4 is 17.0 Å². The molecule has 1 aromatic carbocycles. The Labute approximate surface area is 168 Å². The summed E-state index contributed by atoms with van der Waals surface area (Å²) in [5.41, 5.74) is 2.50. The molecule has 30 heavy (non-hydrogen) atoms. The van der Waals surface area contributed by atoms with Gasteiger partial charge < -0.3 is 5.73 Å². The van der Waals surface area contributed by atoms with Gasteiger partial charge in [0.2, 0.25) is 0 Å². The van der Waals surface area contributed by atoms with Crippen molar-refractivity contribution in [2.75, 3.05) is 12.3 Å². The Hall–Kier alpha value is -4.09. The zero-order valence-electron chi connectivity index (χ0n) is 16.1. The standard InChI is InChI=1S/C18H17N5O7/c1-3-7-21-14(19)13(16(26)20(2)18(21)28)11(24)8-22-15(25)9-5-4-6-10(23(29)30)12(9)17(22)27/h4-6H,3,7-8,19H2,1-2H3. The first-order chi connectivity index (χ1) is 14.1. The Kier molecular flexibility index (Phi) is 5.08. The van der Waals surface area contributed by atoms with E-state index in [0.717, 1.165) is 10.6 Å². The number of carbonyl (C=O) groups excluding carboxylic acids is 3. The number of hydrogen-bond donors (Lipinski definition) is 1. The smallest absolute Gasteiger partial charge is 0.332 e. The number of benzene rings is 1. The average molecular weight is 415 g/mol. The van der Waals surface area contributed by atoms with Crippen LogP contribution in [-0.4, -0.2) is 43.1 Å². The third-order valence-electron chi connectivity index (χ3n) is 4.78. The Balaban J connectivity index is 2.04. The second-order valence-corrected chi connectivity index (χ2v) is 6.64. The van der Waals surface area contributed by atoms with Gasteiger partial charge >= 0.3 is 5.69 Å². The molecule has 12 heteroatoms. The predicted octanol–water partition coefficient (Wildman–Crippen LogP) is -0.0737. The highest BCUT2D eigenvalue weighted by Crippen LogP contribution is 2.30. The molecular formula is C18H17N5O7. The summed E-state index contributed by atoms with van der Waals surface area (Å²) in [6.07, 6.45) is 0.498. The molecule has 0 spiro atoms. The van der Waals surface area contributed by atoms with Crippen LogP contribution in [0.5, 0.6) is 0 Å². The number of ketones is 1. The van der Waals surface area contributed by atoms with E-state index in [1.807, 2.05) is 0 Å². The summed E-state index contributed by atoms with van der Waals surface area (Å²) in [5, 5.41) is 11.2. The van der Waals surface area contributed by atoms with E-state index in [1.165, 1.54) is 19.2 Å². The quantitative estimate of drug-likeness (QED) is 0.296. The van der Waals surface area contributed by atoms with E-state index < -0.39 is 57.1 Å². The molecule has 2 heterocycles. The van der Waals surface area contributed by atoms with Gasteiger partial charge in [-0.1, -0.05) is 13.0 Å². The SMILES string of the molecule is CCCn1c(N)c(C(=O)CN2C(=O)c3cccc([N+](=O)[O-])c3C2=O)c(=O)n(C)c1=O. The van der Waals surface area contributed by atoms with Gasteiger partial charge in [-0.3, -0.25) is 43.3 Å². The lowest BCUT2D eigenvalue weighted by atomic mass is 10.1. The van der Waals surface area contributed by atoms with E-state index >= 15 is 0 Å². The van der Waals surface area contributed by atoms with Crippen LogP contribution in [0.2, 0.25) is 0 Å². The van der Waals surface area contributed by atoms with Crippen molar-refractivity contribution in [3.8, 4) is 0 Å². The van der Waals surface area contributed by atoms with E-state index in [2.05, 4.69) is 0 Å². The summed E-state index contributed by atoms with van der Waals surface area (Å²) in [4.78, 5) is 73.7. The number of nitro groups is 1. The zero-order chi connectivity index (χ0) is 22.3. The van der Waals surface area contributed by atoms with Crippen LogP contribution >= 0.6 is 0 Å². The topological polar surface area (TPSA) is 168 Å². The number of aromatic nitrogens is 2. The minimum absolute atomic E-state index is 0.151. The van der Waals surface area contributed by atoms with Gasteiger partial charge in [-0.25, -0.2) is 4.79 Å². The molecule has 0 saturated heterocycles. The molecule has 12 nitrogen and oxygen atoms in total. The number of nitrogens with two attached hydrogens (primary N) is 1. The fourth-order valence-electron chi connectivity index (χ4n) is 3.32. The van der Waals surface area contributed by atoms with Crippen molar-refractivity contribution in [3.63, 3.8) is 0 Å². The minimum atomic E-state index is -1.02. The van der Waals surface area contributed by atoms with E-state index in [1.54, 1.807) is 6.92 Å². The molecule has 2 amide bonds. The van der Waals surface area contributed by atoms with E-state index in [9.17, 15) is 34.1 Å². The number of nitrogens with zero attached hydrogens (tertiary/aromatic N) is 4.